The molecule has 82 valence electrons. The molecule has 1 aromatic carbocycles. The third kappa shape index (κ3) is 1.70. The van der Waals surface area contributed by atoms with E-state index in [2.05, 4.69) is 15.9 Å². The minimum Gasteiger partial charge on any atom is -0.330 e. The van der Waals surface area contributed by atoms with Gasteiger partial charge in [-0.25, -0.2) is 8.78 Å². The van der Waals surface area contributed by atoms with Gasteiger partial charge in [-0.05, 0) is 25.0 Å². The van der Waals surface area contributed by atoms with Crippen molar-refractivity contribution >= 4 is 15.9 Å². The molecule has 1 saturated carbocycles. The fraction of sp³-hybridized carbons (Fsp3) is 0.455. The summed E-state index contributed by atoms with van der Waals surface area (Å²) < 4.78 is 28.8. The average Bonchev–Trinajstić information content (AvgIpc) is 2.98. The third-order valence-corrected chi connectivity index (χ3v) is 3.59. The van der Waals surface area contributed by atoms with Gasteiger partial charge in [-0.15, -0.1) is 0 Å². The first kappa shape index (κ1) is 11.0. The largest absolute Gasteiger partial charge is 0.330 e. The Labute approximate surface area is 95.8 Å². The molecule has 0 aliphatic heterocycles. The molecule has 1 aliphatic rings. The highest BCUT2D eigenvalue weighted by Crippen LogP contribution is 2.60. The van der Waals surface area contributed by atoms with Gasteiger partial charge in [0.15, 0.2) is 0 Å². The van der Waals surface area contributed by atoms with Crippen molar-refractivity contribution in [1.82, 2.24) is 0 Å². The Morgan fingerprint density at radius 2 is 2.07 bits per heavy atom. The van der Waals surface area contributed by atoms with Crippen LogP contribution in [0, 0.1) is 5.41 Å². The number of hydrogen-bond acceptors (Lipinski definition) is 1. The monoisotopic (exact) mass is 275 g/mol. The van der Waals surface area contributed by atoms with Crippen molar-refractivity contribution in [3.63, 3.8) is 0 Å². The number of halogens is 3. The summed E-state index contributed by atoms with van der Waals surface area (Å²) in [5.74, 6) is -2.81. The first-order valence-electron chi connectivity index (χ1n) is 4.86. The Balaban J connectivity index is 2.37. The van der Waals surface area contributed by atoms with Crippen LogP contribution in [0.25, 0.3) is 0 Å². The van der Waals surface area contributed by atoms with E-state index >= 15 is 0 Å². The molecule has 1 aromatic rings. The molecule has 2 N–H and O–H groups in total. The first-order chi connectivity index (χ1) is 7.02. The van der Waals surface area contributed by atoms with E-state index in [4.69, 9.17) is 5.73 Å². The first-order valence-corrected chi connectivity index (χ1v) is 5.65. The van der Waals surface area contributed by atoms with Crippen molar-refractivity contribution in [2.24, 2.45) is 11.1 Å². The molecular weight excluding hydrogens is 264 g/mol. The molecule has 0 bridgehead atoms. The van der Waals surface area contributed by atoms with Gasteiger partial charge in [0.25, 0.3) is 5.92 Å². The van der Waals surface area contributed by atoms with Crippen molar-refractivity contribution in [1.29, 1.82) is 0 Å². The second-order valence-electron chi connectivity index (χ2n) is 4.07. The van der Waals surface area contributed by atoms with Crippen molar-refractivity contribution in [2.45, 2.75) is 18.8 Å². The molecule has 0 atom stereocenters. The van der Waals surface area contributed by atoms with Gasteiger partial charge < -0.3 is 5.73 Å². The second kappa shape index (κ2) is 3.52. The molecule has 0 spiro atoms. The highest BCUT2D eigenvalue weighted by molar-refractivity contribution is 9.10. The Morgan fingerprint density at radius 1 is 1.40 bits per heavy atom. The van der Waals surface area contributed by atoms with Gasteiger partial charge in [0.05, 0.1) is 5.41 Å². The van der Waals surface area contributed by atoms with Crippen LogP contribution in [-0.4, -0.2) is 6.54 Å². The lowest BCUT2D eigenvalue weighted by molar-refractivity contribution is -0.0762. The standard InChI is InChI=1S/C11H12BrF2N/c12-9-3-1-2-8(6-9)11(13,14)10(7-15)4-5-10/h1-3,6H,4-5,7,15H2. The summed E-state index contributed by atoms with van der Waals surface area (Å²) in [6.45, 7) is 0.0481. The summed E-state index contributed by atoms with van der Waals surface area (Å²) in [7, 11) is 0. The van der Waals surface area contributed by atoms with E-state index in [9.17, 15) is 8.78 Å². The van der Waals surface area contributed by atoms with Gasteiger partial charge in [0.2, 0.25) is 0 Å². The summed E-state index contributed by atoms with van der Waals surface area (Å²) in [5, 5.41) is 0. The quantitative estimate of drug-likeness (QED) is 0.900. The van der Waals surface area contributed by atoms with E-state index < -0.39 is 11.3 Å². The minimum absolute atomic E-state index is 0.0481. The van der Waals surface area contributed by atoms with Crippen molar-refractivity contribution in [2.75, 3.05) is 6.54 Å². The predicted octanol–water partition coefficient (Wildman–Crippen LogP) is 3.28. The molecule has 0 saturated heterocycles. The lowest BCUT2D eigenvalue weighted by atomic mass is 9.92. The minimum atomic E-state index is -2.81. The number of nitrogens with two attached hydrogens (primary N) is 1. The highest BCUT2D eigenvalue weighted by Gasteiger charge is 2.61. The van der Waals surface area contributed by atoms with E-state index in [1.165, 1.54) is 12.1 Å². The maximum atomic E-state index is 14.1. The van der Waals surface area contributed by atoms with Crippen LogP contribution in [0.1, 0.15) is 18.4 Å². The number of alkyl halides is 2. The van der Waals surface area contributed by atoms with E-state index in [1.54, 1.807) is 12.1 Å². The number of hydrogen-bond donors (Lipinski definition) is 1. The molecule has 0 radical (unpaired) electrons. The van der Waals surface area contributed by atoms with Crippen LogP contribution in [0.3, 0.4) is 0 Å². The molecule has 0 aromatic heterocycles. The van der Waals surface area contributed by atoms with E-state index in [0.29, 0.717) is 17.3 Å². The SMILES string of the molecule is NCC1(C(F)(F)c2cccc(Br)c2)CC1. The molecule has 1 fully saturated rings. The van der Waals surface area contributed by atoms with Crippen LogP contribution in [0.2, 0.25) is 0 Å². The molecule has 15 heavy (non-hydrogen) atoms. The van der Waals surface area contributed by atoms with Crippen LogP contribution in [-0.2, 0) is 5.92 Å². The summed E-state index contributed by atoms with van der Waals surface area (Å²) >= 11 is 3.20. The maximum Gasteiger partial charge on any atom is 0.279 e. The van der Waals surface area contributed by atoms with Gasteiger partial charge in [-0.3, -0.25) is 0 Å². The zero-order valence-electron chi connectivity index (χ0n) is 8.14. The molecule has 0 unspecified atom stereocenters. The zero-order valence-corrected chi connectivity index (χ0v) is 9.73. The summed E-state index contributed by atoms with van der Waals surface area (Å²) in [6.07, 6.45) is 1.03. The molecular formula is C11H12BrF2N. The second-order valence-corrected chi connectivity index (χ2v) is 4.98. The lowest BCUT2D eigenvalue weighted by Gasteiger charge is -2.26. The number of benzene rings is 1. The highest BCUT2D eigenvalue weighted by atomic mass is 79.9. The van der Waals surface area contributed by atoms with Gasteiger partial charge in [-0.1, -0.05) is 28.1 Å². The summed E-state index contributed by atoms with van der Waals surface area (Å²) in [5.41, 5.74) is 4.50. The molecule has 4 heteroatoms. The summed E-state index contributed by atoms with van der Waals surface area (Å²) in [6, 6.07) is 6.29. The van der Waals surface area contributed by atoms with E-state index in [0.717, 1.165) is 0 Å². The van der Waals surface area contributed by atoms with Crippen LogP contribution in [0.5, 0.6) is 0 Å². The van der Waals surface area contributed by atoms with Gasteiger partial charge in [0, 0.05) is 16.6 Å². The fourth-order valence-electron chi connectivity index (χ4n) is 1.79. The molecule has 1 nitrogen and oxygen atoms in total. The van der Waals surface area contributed by atoms with Crippen molar-refractivity contribution in [3.05, 3.63) is 34.3 Å². The molecule has 0 amide bonds. The summed E-state index contributed by atoms with van der Waals surface area (Å²) in [4.78, 5) is 0. The topological polar surface area (TPSA) is 26.0 Å². The van der Waals surface area contributed by atoms with Crippen molar-refractivity contribution < 1.29 is 8.78 Å². The van der Waals surface area contributed by atoms with Crippen LogP contribution < -0.4 is 5.73 Å². The van der Waals surface area contributed by atoms with E-state index in [-0.39, 0.29) is 12.1 Å². The maximum absolute atomic E-state index is 14.1. The van der Waals surface area contributed by atoms with E-state index in [1.807, 2.05) is 0 Å². The predicted molar refractivity (Wildman–Crippen MR) is 58.8 cm³/mol. The molecule has 0 heterocycles. The smallest absolute Gasteiger partial charge is 0.279 e. The van der Waals surface area contributed by atoms with Gasteiger partial charge in [-0.2, -0.15) is 0 Å². The number of rotatable bonds is 3. The van der Waals surface area contributed by atoms with Crippen molar-refractivity contribution in [3.8, 4) is 0 Å². The Hall–Kier alpha value is -0.480. The van der Waals surface area contributed by atoms with Gasteiger partial charge in [0.1, 0.15) is 0 Å². The third-order valence-electron chi connectivity index (χ3n) is 3.10. The fourth-order valence-corrected chi connectivity index (χ4v) is 2.19. The Morgan fingerprint density at radius 3 is 2.53 bits per heavy atom. The normalized spacial score (nSPS) is 18.9. The molecule has 1 aliphatic carbocycles. The Kier molecular flexibility index (Phi) is 2.59. The van der Waals surface area contributed by atoms with Crippen LogP contribution >= 0.6 is 15.9 Å². The van der Waals surface area contributed by atoms with Crippen LogP contribution in [0.15, 0.2) is 28.7 Å². The Bertz CT molecular complexity index is 375. The van der Waals surface area contributed by atoms with Gasteiger partial charge >= 0.3 is 0 Å². The van der Waals surface area contributed by atoms with Crippen LogP contribution in [0.4, 0.5) is 8.78 Å². The average molecular weight is 276 g/mol. The molecule has 2 rings (SSSR count). The lowest BCUT2D eigenvalue weighted by Crippen LogP contribution is -2.33. The zero-order chi connectivity index (χ0) is 11.1.